The monoisotopic (exact) mass is 312 g/mol. The van der Waals surface area contributed by atoms with E-state index in [9.17, 15) is 4.39 Å². The Balaban J connectivity index is 1.38. The van der Waals surface area contributed by atoms with E-state index < -0.39 is 0 Å². The zero-order chi connectivity index (χ0) is 15.9. The number of nitrogens with zero attached hydrogens (tertiary/aromatic N) is 2. The third kappa shape index (κ3) is 4.88. The molecule has 0 aliphatic carbocycles. The van der Waals surface area contributed by atoms with Crippen molar-refractivity contribution in [2.24, 2.45) is 0 Å². The van der Waals surface area contributed by atoms with Crippen molar-refractivity contribution in [1.29, 1.82) is 0 Å². The number of benzene rings is 2. The summed E-state index contributed by atoms with van der Waals surface area (Å²) in [5, 5.41) is 0. The van der Waals surface area contributed by atoms with Crippen molar-refractivity contribution in [3.8, 4) is 0 Å². The molecule has 3 rings (SSSR count). The summed E-state index contributed by atoms with van der Waals surface area (Å²) >= 11 is 0. The van der Waals surface area contributed by atoms with Gasteiger partial charge in [-0.1, -0.05) is 48.5 Å². The van der Waals surface area contributed by atoms with Gasteiger partial charge >= 0.3 is 0 Å². The third-order valence-corrected chi connectivity index (χ3v) is 4.60. The third-order valence-electron chi connectivity index (χ3n) is 4.60. The first-order valence-electron chi connectivity index (χ1n) is 8.53. The second kappa shape index (κ2) is 8.23. The molecule has 0 bridgehead atoms. The molecular weight excluding hydrogens is 287 g/mol. The number of hydrogen-bond acceptors (Lipinski definition) is 2. The van der Waals surface area contributed by atoms with Gasteiger partial charge in [0.25, 0.3) is 0 Å². The van der Waals surface area contributed by atoms with Gasteiger partial charge in [-0.05, 0) is 31.0 Å². The molecule has 0 saturated carbocycles. The molecule has 23 heavy (non-hydrogen) atoms. The Kier molecular flexibility index (Phi) is 5.78. The highest BCUT2D eigenvalue weighted by Gasteiger charge is 2.17. The molecule has 1 saturated heterocycles. The van der Waals surface area contributed by atoms with Gasteiger partial charge in [0.1, 0.15) is 5.82 Å². The number of aryl methyl sites for hydroxylation is 1. The van der Waals surface area contributed by atoms with Crippen molar-refractivity contribution in [3.63, 3.8) is 0 Å². The molecule has 0 amide bonds. The fraction of sp³-hybridized carbons (Fsp3) is 0.400. The van der Waals surface area contributed by atoms with Crippen LogP contribution in [0.2, 0.25) is 0 Å². The molecule has 0 unspecified atom stereocenters. The SMILES string of the molecule is Fc1ccccc1CN1CCN(CCCc2ccccc2)CC1. The molecule has 1 fully saturated rings. The lowest BCUT2D eigenvalue weighted by Crippen LogP contribution is -2.46. The van der Waals surface area contributed by atoms with E-state index >= 15 is 0 Å². The lowest BCUT2D eigenvalue weighted by molar-refractivity contribution is 0.125. The molecule has 0 N–H and O–H groups in total. The van der Waals surface area contributed by atoms with Crippen molar-refractivity contribution in [3.05, 3.63) is 71.5 Å². The van der Waals surface area contributed by atoms with Crippen LogP contribution in [0.15, 0.2) is 54.6 Å². The van der Waals surface area contributed by atoms with Gasteiger partial charge in [-0.2, -0.15) is 0 Å². The van der Waals surface area contributed by atoms with Gasteiger partial charge in [0.2, 0.25) is 0 Å². The van der Waals surface area contributed by atoms with Gasteiger partial charge in [0.15, 0.2) is 0 Å². The minimum atomic E-state index is -0.0854. The molecule has 2 aromatic carbocycles. The largest absolute Gasteiger partial charge is 0.301 e. The predicted octanol–water partition coefficient (Wildman–Crippen LogP) is 3.58. The second-order valence-corrected chi connectivity index (χ2v) is 6.30. The summed E-state index contributed by atoms with van der Waals surface area (Å²) in [7, 11) is 0. The van der Waals surface area contributed by atoms with E-state index in [0.29, 0.717) is 0 Å². The molecule has 0 aromatic heterocycles. The van der Waals surface area contributed by atoms with Crippen LogP contribution in [-0.2, 0) is 13.0 Å². The number of hydrogen-bond donors (Lipinski definition) is 0. The van der Waals surface area contributed by atoms with E-state index in [1.165, 1.54) is 12.0 Å². The van der Waals surface area contributed by atoms with Crippen LogP contribution in [0.3, 0.4) is 0 Å². The van der Waals surface area contributed by atoms with Gasteiger partial charge in [0, 0.05) is 38.3 Å². The van der Waals surface area contributed by atoms with Crippen molar-refractivity contribution >= 4 is 0 Å². The second-order valence-electron chi connectivity index (χ2n) is 6.30. The maximum absolute atomic E-state index is 13.7. The minimum Gasteiger partial charge on any atom is -0.301 e. The topological polar surface area (TPSA) is 6.48 Å². The highest BCUT2D eigenvalue weighted by molar-refractivity contribution is 5.17. The van der Waals surface area contributed by atoms with E-state index in [2.05, 4.69) is 40.1 Å². The van der Waals surface area contributed by atoms with E-state index in [-0.39, 0.29) is 5.82 Å². The average molecular weight is 312 g/mol. The summed E-state index contributed by atoms with van der Waals surface area (Å²) in [5.74, 6) is -0.0854. The molecule has 2 nitrogen and oxygen atoms in total. The van der Waals surface area contributed by atoms with Crippen LogP contribution in [0, 0.1) is 5.82 Å². The Morgan fingerprint density at radius 1 is 0.783 bits per heavy atom. The van der Waals surface area contributed by atoms with Gasteiger partial charge in [-0.25, -0.2) is 4.39 Å². The first kappa shape index (κ1) is 16.2. The van der Waals surface area contributed by atoms with Crippen molar-refractivity contribution in [2.45, 2.75) is 19.4 Å². The molecule has 3 heteroatoms. The minimum absolute atomic E-state index is 0.0854. The highest BCUT2D eigenvalue weighted by atomic mass is 19.1. The molecule has 1 aliphatic heterocycles. The fourth-order valence-corrected chi connectivity index (χ4v) is 3.19. The van der Waals surface area contributed by atoms with E-state index in [0.717, 1.165) is 51.3 Å². The molecule has 2 aromatic rings. The zero-order valence-electron chi connectivity index (χ0n) is 13.6. The van der Waals surface area contributed by atoms with Crippen LogP contribution in [0.1, 0.15) is 17.5 Å². The summed E-state index contributed by atoms with van der Waals surface area (Å²) in [6.45, 7) is 6.11. The maximum Gasteiger partial charge on any atom is 0.127 e. The number of rotatable bonds is 6. The van der Waals surface area contributed by atoms with Crippen LogP contribution in [-0.4, -0.2) is 42.5 Å². The molecular formula is C20H25FN2. The Morgan fingerprint density at radius 3 is 2.17 bits per heavy atom. The Morgan fingerprint density at radius 2 is 1.43 bits per heavy atom. The predicted molar refractivity (Wildman–Crippen MR) is 92.9 cm³/mol. The van der Waals surface area contributed by atoms with Crippen molar-refractivity contribution in [1.82, 2.24) is 9.80 Å². The summed E-state index contributed by atoms with van der Waals surface area (Å²) in [4.78, 5) is 4.88. The van der Waals surface area contributed by atoms with Crippen molar-refractivity contribution < 1.29 is 4.39 Å². The molecule has 1 heterocycles. The van der Waals surface area contributed by atoms with Crippen LogP contribution < -0.4 is 0 Å². The first-order chi connectivity index (χ1) is 11.3. The van der Waals surface area contributed by atoms with Crippen LogP contribution in [0.25, 0.3) is 0 Å². The normalized spacial score (nSPS) is 16.6. The van der Waals surface area contributed by atoms with Crippen LogP contribution >= 0.6 is 0 Å². The van der Waals surface area contributed by atoms with E-state index in [1.807, 2.05) is 12.1 Å². The maximum atomic E-state index is 13.7. The summed E-state index contributed by atoms with van der Waals surface area (Å²) in [6, 6.07) is 17.8. The Labute approximate surface area is 138 Å². The first-order valence-corrected chi connectivity index (χ1v) is 8.53. The summed E-state index contributed by atoms with van der Waals surface area (Å²) < 4.78 is 13.7. The summed E-state index contributed by atoms with van der Waals surface area (Å²) in [6.07, 6.45) is 2.35. The summed E-state index contributed by atoms with van der Waals surface area (Å²) in [5.41, 5.74) is 2.23. The van der Waals surface area contributed by atoms with Crippen molar-refractivity contribution in [2.75, 3.05) is 32.7 Å². The highest BCUT2D eigenvalue weighted by Crippen LogP contribution is 2.12. The van der Waals surface area contributed by atoms with E-state index in [4.69, 9.17) is 0 Å². The van der Waals surface area contributed by atoms with E-state index in [1.54, 1.807) is 12.1 Å². The fourth-order valence-electron chi connectivity index (χ4n) is 3.19. The molecule has 0 radical (unpaired) electrons. The van der Waals surface area contributed by atoms with Crippen LogP contribution in [0.4, 0.5) is 4.39 Å². The average Bonchev–Trinajstić information content (AvgIpc) is 2.59. The van der Waals surface area contributed by atoms with Gasteiger partial charge in [0.05, 0.1) is 0 Å². The Bertz CT molecular complexity index is 592. The molecule has 0 atom stereocenters. The number of piperazine rings is 1. The lowest BCUT2D eigenvalue weighted by Gasteiger charge is -2.34. The number of halogens is 1. The smallest absolute Gasteiger partial charge is 0.127 e. The zero-order valence-corrected chi connectivity index (χ0v) is 13.6. The van der Waals surface area contributed by atoms with Gasteiger partial charge < -0.3 is 4.90 Å². The Hall–Kier alpha value is -1.71. The lowest BCUT2D eigenvalue weighted by atomic mass is 10.1. The van der Waals surface area contributed by atoms with Gasteiger partial charge in [-0.15, -0.1) is 0 Å². The van der Waals surface area contributed by atoms with Crippen LogP contribution in [0.5, 0.6) is 0 Å². The molecule has 0 spiro atoms. The molecule has 122 valence electrons. The quantitative estimate of drug-likeness (QED) is 0.804. The molecule has 1 aliphatic rings. The van der Waals surface area contributed by atoms with Gasteiger partial charge in [-0.3, -0.25) is 4.90 Å². The standard InChI is InChI=1S/C20H25FN2/c21-20-11-5-4-10-19(20)17-23-15-13-22(14-16-23)12-6-9-18-7-2-1-3-8-18/h1-5,7-8,10-11H,6,9,12-17H2.